The summed E-state index contributed by atoms with van der Waals surface area (Å²) in [5.41, 5.74) is 0. The van der Waals surface area contributed by atoms with Gasteiger partial charge in [-0.25, -0.2) is 4.79 Å². The molecule has 1 aliphatic heterocycles. The second-order valence-corrected chi connectivity index (χ2v) is 5.63. The van der Waals surface area contributed by atoms with Crippen molar-refractivity contribution in [2.75, 3.05) is 13.6 Å². The molecule has 1 atom stereocenters. The van der Waals surface area contributed by atoms with Gasteiger partial charge in [-0.1, -0.05) is 0 Å². The van der Waals surface area contributed by atoms with Crippen LogP contribution >= 0.6 is 11.3 Å². The minimum atomic E-state index is -0.880. The summed E-state index contributed by atoms with van der Waals surface area (Å²) in [5, 5.41) is 12.2. The minimum Gasteiger partial charge on any atom is -0.477 e. The molecule has 98 valence electrons. The zero-order valence-corrected chi connectivity index (χ0v) is 11.0. The zero-order chi connectivity index (χ0) is 13.1. The summed E-state index contributed by atoms with van der Waals surface area (Å²) < 4.78 is 0. The fourth-order valence-corrected chi connectivity index (χ4v) is 2.81. The molecule has 18 heavy (non-hydrogen) atoms. The maximum atomic E-state index is 11.3. The number of likely N-dealkylation sites (N-methyl/N-ethyl adjacent to an activating group) is 1. The Hall–Kier alpha value is -1.40. The number of carbonyl (C=O) groups is 2. The summed E-state index contributed by atoms with van der Waals surface area (Å²) in [4.78, 5) is 25.2. The Bertz CT molecular complexity index is 458. The number of carboxylic acid groups (broad SMARTS) is 1. The molecular weight excluding hydrogens is 252 g/mol. The third-order valence-corrected chi connectivity index (χ3v) is 4.14. The number of carbonyl (C=O) groups excluding carboxylic acids is 1. The zero-order valence-electron chi connectivity index (χ0n) is 10.2. The smallest absolute Gasteiger partial charge is 0.345 e. The molecule has 1 aromatic rings. The number of thiophene rings is 1. The minimum absolute atomic E-state index is 0.192. The van der Waals surface area contributed by atoms with E-state index in [4.69, 9.17) is 5.11 Å². The van der Waals surface area contributed by atoms with E-state index in [1.54, 1.807) is 11.0 Å². The normalized spacial score (nSPS) is 20.2. The van der Waals surface area contributed by atoms with Gasteiger partial charge >= 0.3 is 5.97 Å². The molecule has 1 unspecified atom stereocenters. The quantitative estimate of drug-likeness (QED) is 0.859. The Morgan fingerprint density at radius 3 is 3.00 bits per heavy atom. The lowest BCUT2D eigenvalue weighted by atomic mass is 10.1. The van der Waals surface area contributed by atoms with E-state index in [9.17, 15) is 9.59 Å². The SMILES string of the molecule is CN1CC(NCc2ccc(C(=O)O)s2)CCC1=O. The first-order valence-electron chi connectivity index (χ1n) is 5.85. The van der Waals surface area contributed by atoms with E-state index in [2.05, 4.69) is 5.32 Å². The van der Waals surface area contributed by atoms with Gasteiger partial charge in [-0.15, -0.1) is 11.3 Å². The van der Waals surface area contributed by atoms with Crippen molar-refractivity contribution < 1.29 is 14.7 Å². The van der Waals surface area contributed by atoms with Crippen molar-refractivity contribution in [2.24, 2.45) is 0 Å². The summed E-state index contributed by atoms with van der Waals surface area (Å²) >= 11 is 1.29. The fourth-order valence-electron chi connectivity index (χ4n) is 2.01. The van der Waals surface area contributed by atoms with Gasteiger partial charge in [-0.2, -0.15) is 0 Å². The average Bonchev–Trinajstić information content (AvgIpc) is 2.79. The standard InChI is InChI=1S/C12H16N2O3S/c1-14-7-8(2-5-11(14)15)13-6-9-3-4-10(18-9)12(16)17/h3-4,8,13H,2,5-7H2,1H3,(H,16,17). The average molecular weight is 268 g/mol. The first-order valence-corrected chi connectivity index (χ1v) is 6.67. The second-order valence-electron chi connectivity index (χ2n) is 4.46. The molecule has 0 radical (unpaired) electrons. The number of nitrogens with zero attached hydrogens (tertiary/aromatic N) is 1. The Morgan fingerprint density at radius 1 is 1.61 bits per heavy atom. The van der Waals surface area contributed by atoms with Crippen molar-refractivity contribution in [3.63, 3.8) is 0 Å². The van der Waals surface area contributed by atoms with Gasteiger partial charge in [0.25, 0.3) is 0 Å². The molecule has 2 N–H and O–H groups in total. The fraction of sp³-hybridized carbons (Fsp3) is 0.500. The van der Waals surface area contributed by atoms with E-state index in [-0.39, 0.29) is 5.91 Å². The predicted octanol–water partition coefficient (Wildman–Crippen LogP) is 1.16. The Morgan fingerprint density at radius 2 is 2.39 bits per heavy atom. The van der Waals surface area contributed by atoms with Crippen LogP contribution in [0, 0.1) is 0 Å². The van der Waals surface area contributed by atoms with Crippen LogP contribution in [0.25, 0.3) is 0 Å². The van der Waals surface area contributed by atoms with E-state index < -0.39 is 5.97 Å². The van der Waals surface area contributed by atoms with Gasteiger partial charge < -0.3 is 15.3 Å². The van der Waals surface area contributed by atoms with Gasteiger partial charge in [0, 0.05) is 37.5 Å². The highest BCUT2D eigenvalue weighted by Gasteiger charge is 2.22. The van der Waals surface area contributed by atoms with Crippen molar-refractivity contribution >= 4 is 23.2 Å². The Kier molecular flexibility index (Phi) is 3.98. The number of hydrogen-bond acceptors (Lipinski definition) is 4. The van der Waals surface area contributed by atoms with E-state index in [1.807, 2.05) is 13.1 Å². The molecule has 0 aromatic carbocycles. The van der Waals surface area contributed by atoms with Crippen LogP contribution < -0.4 is 5.32 Å². The molecule has 0 bridgehead atoms. The molecule has 1 aromatic heterocycles. The number of nitrogens with one attached hydrogen (secondary N) is 1. The van der Waals surface area contributed by atoms with Gasteiger partial charge in [-0.3, -0.25) is 4.79 Å². The van der Waals surface area contributed by atoms with Crippen LogP contribution in [0.2, 0.25) is 0 Å². The molecular formula is C12H16N2O3S. The Labute approximate surface area is 109 Å². The lowest BCUT2D eigenvalue weighted by molar-refractivity contribution is -0.132. The molecule has 2 heterocycles. The van der Waals surface area contributed by atoms with Crippen molar-refractivity contribution in [3.05, 3.63) is 21.9 Å². The van der Waals surface area contributed by atoms with Crippen molar-refractivity contribution in [2.45, 2.75) is 25.4 Å². The molecule has 0 saturated carbocycles. The number of carboxylic acids is 1. The summed E-state index contributed by atoms with van der Waals surface area (Å²) in [6.45, 7) is 1.38. The third kappa shape index (κ3) is 3.08. The van der Waals surface area contributed by atoms with Crippen molar-refractivity contribution in [3.8, 4) is 0 Å². The van der Waals surface area contributed by atoms with Crippen LogP contribution in [0.1, 0.15) is 27.4 Å². The number of likely N-dealkylation sites (tertiary alicyclic amines) is 1. The predicted molar refractivity (Wildman–Crippen MR) is 68.8 cm³/mol. The maximum Gasteiger partial charge on any atom is 0.345 e. The van der Waals surface area contributed by atoms with Gasteiger partial charge in [0.05, 0.1) is 0 Å². The van der Waals surface area contributed by atoms with Crippen molar-refractivity contribution in [1.29, 1.82) is 0 Å². The monoisotopic (exact) mass is 268 g/mol. The largest absolute Gasteiger partial charge is 0.477 e. The molecule has 2 rings (SSSR count). The number of amides is 1. The third-order valence-electron chi connectivity index (χ3n) is 3.06. The number of piperidine rings is 1. The van der Waals surface area contributed by atoms with Gasteiger partial charge in [0.15, 0.2) is 0 Å². The number of rotatable bonds is 4. The van der Waals surface area contributed by atoms with E-state index in [0.29, 0.717) is 23.9 Å². The number of aromatic carboxylic acids is 1. The molecule has 1 fully saturated rings. The molecule has 6 heteroatoms. The highest BCUT2D eigenvalue weighted by molar-refractivity contribution is 7.13. The molecule has 5 nitrogen and oxygen atoms in total. The van der Waals surface area contributed by atoms with Gasteiger partial charge in [0.1, 0.15) is 4.88 Å². The van der Waals surface area contributed by atoms with Gasteiger partial charge in [0.2, 0.25) is 5.91 Å². The lowest BCUT2D eigenvalue weighted by Crippen LogP contribution is -2.46. The summed E-state index contributed by atoms with van der Waals surface area (Å²) in [6.07, 6.45) is 1.43. The topological polar surface area (TPSA) is 69.6 Å². The molecule has 1 aliphatic rings. The summed E-state index contributed by atoms with van der Waals surface area (Å²) in [6, 6.07) is 3.75. The number of hydrogen-bond donors (Lipinski definition) is 2. The van der Waals surface area contributed by atoms with E-state index >= 15 is 0 Å². The molecule has 0 aliphatic carbocycles. The van der Waals surface area contributed by atoms with Crippen LogP contribution in [0.5, 0.6) is 0 Å². The maximum absolute atomic E-state index is 11.3. The van der Waals surface area contributed by atoms with Crippen LogP contribution in [-0.4, -0.2) is 41.5 Å². The van der Waals surface area contributed by atoms with Crippen LogP contribution in [0.4, 0.5) is 0 Å². The Balaban J connectivity index is 1.84. The van der Waals surface area contributed by atoms with Crippen LogP contribution in [0.15, 0.2) is 12.1 Å². The van der Waals surface area contributed by atoms with Crippen molar-refractivity contribution in [1.82, 2.24) is 10.2 Å². The first-order chi connectivity index (χ1) is 8.56. The van der Waals surface area contributed by atoms with Crippen LogP contribution in [0.3, 0.4) is 0 Å². The molecule has 1 amide bonds. The van der Waals surface area contributed by atoms with Gasteiger partial charge in [-0.05, 0) is 18.6 Å². The first kappa shape index (κ1) is 13.0. The molecule has 1 saturated heterocycles. The highest BCUT2D eigenvalue weighted by atomic mass is 32.1. The second kappa shape index (κ2) is 5.49. The molecule has 0 spiro atoms. The van der Waals surface area contributed by atoms with E-state index in [1.165, 1.54) is 11.3 Å². The summed E-state index contributed by atoms with van der Waals surface area (Å²) in [7, 11) is 1.81. The van der Waals surface area contributed by atoms with Crippen LogP contribution in [-0.2, 0) is 11.3 Å². The van der Waals surface area contributed by atoms with E-state index in [0.717, 1.165) is 17.8 Å². The lowest BCUT2D eigenvalue weighted by Gasteiger charge is -2.30. The summed E-state index contributed by atoms with van der Waals surface area (Å²) in [5.74, 6) is -0.688. The highest BCUT2D eigenvalue weighted by Crippen LogP contribution is 2.17.